The normalized spacial score (nSPS) is 10.9. The number of para-hydroxylation sites is 1. The summed E-state index contributed by atoms with van der Waals surface area (Å²) >= 11 is 0. The molecule has 6 nitrogen and oxygen atoms in total. The van der Waals surface area contributed by atoms with Crippen molar-refractivity contribution >= 4 is 17.9 Å². The lowest BCUT2D eigenvalue weighted by Gasteiger charge is -2.00. The van der Waals surface area contributed by atoms with E-state index in [1.165, 1.54) is 10.9 Å². The maximum Gasteiger partial charge on any atom is 0.357 e. The van der Waals surface area contributed by atoms with Crippen molar-refractivity contribution < 1.29 is 9.90 Å². The second-order valence-electron chi connectivity index (χ2n) is 5.25. The Bertz CT molecular complexity index is 868. The van der Waals surface area contributed by atoms with Gasteiger partial charge in [-0.25, -0.2) is 9.48 Å². The van der Waals surface area contributed by atoms with Gasteiger partial charge in [0.1, 0.15) is 0 Å². The number of carbonyl (C=O) groups is 1. The topological polar surface area (TPSA) is 79.5 Å². The van der Waals surface area contributed by atoms with Crippen molar-refractivity contribution in [3.05, 3.63) is 77.6 Å². The Hall–Kier alpha value is -3.41. The highest BCUT2D eigenvalue weighted by atomic mass is 16.4. The predicted octanol–water partition coefficient (Wildman–Crippen LogP) is 3.32. The summed E-state index contributed by atoms with van der Waals surface area (Å²) in [6, 6.07) is 17.1. The summed E-state index contributed by atoms with van der Waals surface area (Å²) < 4.78 is 1.53. The number of aromatic nitrogens is 2. The van der Waals surface area contributed by atoms with Crippen molar-refractivity contribution in [1.29, 1.82) is 0 Å². The maximum atomic E-state index is 11.4. The average Bonchev–Trinajstić information content (AvgIpc) is 3.01. The van der Waals surface area contributed by atoms with Crippen molar-refractivity contribution in [2.24, 2.45) is 5.10 Å². The van der Waals surface area contributed by atoms with E-state index in [0.29, 0.717) is 5.56 Å². The molecular weight excluding hydrogens is 304 g/mol. The number of anilines is 1. The van der Waals surface area contributed by atoms with E-state index in [9.17, 15) is 9.90 Å². The summed E-state index contributed by atoms with van der Waals surface area (Å²) in [5.41, 5.74) is 5.96. The number of aromatic carboxylic acids is 1. The van der Waals surface area contributed by atoms with Gasteiger partial charge in [0.25, 0.3) is 0 Å². The van der Waals surface area contributed by atoms with Crippen LogP contribution in [0.25, 0.3) is 5.69 Å². The number of aryl methyl sites for hydroxylation is 1. The lowest BCUT2D eigenvalue weighted by Crippen LogP contribution is -2.03. The van der Waals surface area contributed by atoms with Crippen LogP contribution in [0, 0.1) is 6.92 Å². The molecule has 0 radical (unpaired) electrons. The fraction of sp³-hybridized carbons (Fsp3) is 0.0556. The van der Waals surface area contributed by atoms with E-state index >= 15 is 0 Å². The Morgan fingerprint density at radius 2 is 1.88 bits per heavy atom. The highest BCUT2D eigenvalue weighted by molar-refractivity contribution is 5.96. The highest BCUT2D eigenvalue weighted by Crippen LogP contribution is 2.13. The van der Waals surface area contributed by atoms with Gasteiger partial charge in [0.05, 0.1) is 17.6 Å². The van der Waals surface area contributed by atoms with Crippen molar-refractivity contribution in [2.75, 3.05) is 5.43 Å². The molecule has 120 valence electrons. The minimum absolute atomic E-state index is 0.0470. The SMILES string of the molecule is Cc1ccc(-n2cc(/C=N\Nc3ccccc3)c(C(=O)O)n2)cc1. The molecule has 0 amide bonds. The number of carboxylic acid groups (broad SMARTS) is 1. The van der Waals surface area contributed by atoms with E-state index in [1.807, 2.05) is 61.5 Å². The lowest BCUT2D eigenvalue weighted by atomic mass is 10.2. The number of nitrogens with one attached hydrogen (secondary N) is 1. The number of rotatable bonds is 5. The zero-order valence-electron chi connectivity index (χ0n) is 13.0. The highest BCUT2D eigenvalue weighted by Gasteiger charge is 2.15. The molecule has 1 aromatic heterocycles. The lowest BCUT2D eigenvalue weighted by molar-refractivity contribution is 0.0690. The zero-order chi connectivity index (χ0) is 16.9. The molecule has 2 aromatic carbocycles. The molecule has 0 aliphatic carbocycles. The fourth-order valence-electron chi connectivity index (χ4n) is 2.17. The molecule has 0 bridgehead atoms. The molecular formula is C18H16N4O2. The molecule has 3 aromatic rings. The number of hydrogen-bond donors (Lipinski definition) is 2. The van der Waals surface area contributed by atoms with Crippen LogP contribution < -0.4 is 5.43 Å². The van der Waals surface area contributed by atoms with E-state index in [1.54, 1.807) is 6.20 Å². The Kier molecular flexibility index (Phi) is 4.38. The Morgan fingerprint density at radius 1 is 1.17 bits per heavy atom. The van der Waals surface area contributed by atoms with E-state index in [-0.39, 0.29) is 5.69 Å². The number of carboxylic acids is 1. The minimum atomic E-state index is -1.10. The van der Waals surface area contributed by atoms with Gasteiger partial charge in [-0.15, -0.1) is 0 Å². The smallest absolute Gasteiger partial charge is 0.357 e. The fourth-order valence-corrected chi connectivity index (χ4v) is 2.17. The first kappa shape index (κ1) is 15.5. The summed E-state index contributed by atoms with van der Waals surface area (Å²) in [6.07, 6.45) is 3.10. The summed E-state index contributed by atoms with van der Waals surface area (Å²) in [5, 5.41) is 17.5. The van der Waals surface area contributed by atoms with Gasteiger partial charge < -0.3 is 5.11 Å². The molecule has 6 heteroatoms. The molecule has 0 spiro atoms. The van der Waals surface area contributed by atoms with Crippen LogP contribution in [0.4, 0.5) is 5.69 Å². The monoisotopic (exact) mass is 320 g/mol. The first-order chi connectivity index (χ1) is 11.6. The van der Waals surface area contributed by atoms with Crippen molar-refractivity contribution in [3.8, 4) is 5.69 Å². The summed E-state index contributed by atoms with van der Waals surface area (Å²) in [5.74, 6) is -1.10. The van der Waals surface area contributed by atoms with Crippen LogP contribution >= 0.6 is 0 Å². The third-order valence-corrected chi connectivity index (χ3v) is 3.41. The van der Waals surface area contributed by atoms with Crippen LogP contribution in [-0.2, 0) is 0 Å². The molecule has 0 unspecified atom stereocenters. The summed E-state index contributed by atoms with van der Waals surface area (Å²) in [7, 11) is 0. The third-order valence-electron chi connectivity index (χ3n) is 3.41. The van der Waals surface area contributed by atoms with Crippen molar-refractivity contribution in [3.63, 3.8) is 0 Å². The molecule has 0 aliphatic rings. The molecule has 1 heterocycles. The number of nitrogens with zero attached hydrogens (tertiary/aromatic N) is 3. The van der Waals surface area contributed by atoms with Gasteiger partial charge in [0.15, 0.2) is 5.69 Å². The standard InChI is InChI=1S/C18H16N4O2/c1-13-7-9-16(10-8-13)22-12-14(17(21-22)18(23)24)11-19-20-15-5-3-2-4-6-15/h2-12,20H,1H3,(H,23,24)/b19-11-. The first-order valence-corrected chi connectivity index (χ1v) is 7.37. The van der Waals surface area contributed by atoms with Gasteiger partial charge in [-0.3, -0.25) is 5.43 Å². The molecule has 0 aliphatic heterocycles. The zero-order valence-corrected chi connectivity index (χ0v) is 13.0. The number of hydrogen-bond acceptors (Lipinski definition) is 4. The van der Waals surface area contributed by atoms with Crippen LogP contribution in [0.2, 0.25) is 0 Å². The quantitative estimate of drug-likeness (QED) is 0.558. The second-order valence-corrected chi connectivity index (χ2v) is 5.25. The Labute approximate surface area is 139 Å². The van der Waals surface area contributed by atoms with Gasteiger partial charge in [-0.2, -0.15) is 10.2 Å². The van der Waals surface area contributed by atoms with Gasteiger partial charge in [-0.05, 0) is 31.2 Å². The first-order valence-electron chi connectivity index (χ1n) is 7.37. The Morgan fingerprint density at radius 3 is 2.54 bits per heavy atom. The van der Waals surface area contributed by atoms with Gasteiger partial charge in [0.2, 0.25) is 0 Å². The Balaban J connectivity index is 1.86. The molecule has 3 rings (SSSR count). The van der Waals surface area contributed by atoms with Gasteiger partial charge in [-0.1, -0.05) is 35.9 Å². The van der Waals surface area contributed by atoms with E-state index in [4.69, 9.17) is 0 Å². The third kappa shape index (κ3) is 3.49. The largest absolute Gasteiger partial charge is 0.476 e. The maximum absolute atomic E-state index is 11.4. The molecule has 0 fully saturated rings. The van der Waals surface area contributed by atoms with Crippen LogP contribution in [0.3, 0.4) is 0 Å². The van der Waals surface area contributed by atoms with Crippen molar-refractivity contribution in [2.45, 2.75) is 6.92 Å². The summed E-state index contributed by atoms with van der Waals surface area (Å²) in [6.45, 7) is 1.99. The van der Waals surface area contributed by atoms with Gasteiger partial charge >= 0.3 is 5.97 Å². The predicted molar refractivity (Wildman–Crippen MR) is 92.9 cm³/mol. The minimum Gasteiger partial charge on any atom is -0.476 e. The van der Waals surface area contributed by atoms with Crippen LogP contribution in [0.15, 0.2) is 65.9 Å². The van der Waals surface area contributed by atoms with E-state index < -0.39 is 5.97 Å². The molecule has 0 saturated heterocycles. The molecule has 0 atom stereocenters. The average molecular weight is 320 g/mol. The van der Waals surface area contributed by atoms with Crippen LogP contribution in [0.5, 0.6) is 0 Å². The van der Waals surface area contributed by atoms with Crippen LogP contribution in [0.1, 0.15) is 21.6 Å². The second kappa shape index (κ2) is 6.78. The van der Waals surface area contributed by atoms with E-state index in [0.717, 1.165) is 16.9 Å². The summed E-state index contributed by atoms with van der Waals surface area (Å²) in [4.78, 5) is 11.4. The molecule has 24 heavy (non-hydrogen) atoms. The molecule has 0 saturated carbocycles. The van der Waals surface area contributed by atoms with Crippen LogP contribution in [-0.4, -0.2) is 27.1 Å². The van der Waals surface area contributed by atoms with Crippen molar-refractivity contribution in [1.82, 2.24) is 9.78 Å². The number of benzene rings is 2. The number of hydrazone groups is 1. The molecule has 2 N–H and O–H groups in total. The van der Waals surface area contributed by atoms with E-state index in [2.05, 4.69) is 15.6 Å². The van der Waals surface area contributed by atoms with Gasteiger partial charge in [0, 0.05) is 11.8 Å².